The Kier molecular flexibility index (Phi) is 6.62. The number of aromatic hydroxyl groups is 1. The molecule has 1 saturated heterocycles. The minimum atomic E-state index is -4.87. The molecule has 3 N–H and O–H groups in total. The van der Waals surface area contributed by atoms with Crippen molar-refractivity contribution in [1.82, 2.24) is 5.32 Å². The Hall–Kier alpha value is -4.65. The molecule has 0 radical (unpaired) electrons. The summed E-state index contributed by atoms with van der Waals surface area (Å²) >= 11 is 0.644. The quantitative estimate of drug-likeness (QED) is 0.154. The Morgan fingerprint density at radius 2 is 1.80 bits per heavy atom. The first-order valence-corrected chi connectivity index (χ1v) is 12.4. The number of aryl methyl sites for hydroxylation is 2. The van der Waals surface area contributed by atoms with Crippen LogP contribution >= 0.6 is 11.8 Å². The molecule has 3 aromatic rings. The molecule has 0 atom stereocenters. The summed E-state index contributed by atoms with van der Waals surface area (Å²) in [5, 5.41) is 16.2. The van der Waals surface area contributed by atoms with Crippen molar-refractivity contribution < 1.29 is 37.1 Å². The largest absolute Gasteiger partial charge is 0.505 e. The molecule has 8 nitrogen and oxygen atoms in total. The van der Waals surface area contributed by atoms with E-state index in [2.05, 4.69) is 15.8 Å². The van der Waals surface area contributed by atoms with Crippen LogP contribution in [0.3, 0.4) is 0 Å². The zero-order chi connectivity index (χ0) is 28.9. The van der Waals surface area contributed by atoms with Crippen molar-refractivity contribution in [3.05, 3.63) is 87.1 Å². The molecule has 0 aliphatic carbocycles. The van der Waals surface area contributed by atoms with Crippen LogP contribution < -0.4 is 15.6 Å². The summed E-state index contributed by atoms with van der Waals surface area (Å²) in [5.74, 6) is -3.24. The second-order valence-corrected chi connectivity index (χ2v) is 9.94. The fourth-order valence-corrected chi connectivity index (χ4v) is 4.83. The van der Waals surface area contributed by atoms with Crippen LogP contribution in [0.4, 0.5) is 39.4 Å². The highest BCUT2D eigenvalue weighted by molar-refractivity contribution is 8.18. The van der Waals surface area contributed by atoms with Gasteiger partial charge in [-0.1, -0.05) is 18.2 Å². The second-order valence-electron chi connectivity index (χ2n) is 8.93. The first-order chi connectivity index (χ1) is 18.8. The number of hydrogen-bond donors (Lipinski definition) is 3. The molecule has 0 aromatic heterocycles. The van der Waals surface area contributed by atoms with Gasteiger partial charge in [0.25, 0.3) is 17.1 Å². The minimum Gasteiger partial charge on any atom is -0.505 e. The van der Waals surface area contributed by atoms with Crippen LogP contribution in [0.1, 0.15) is 27.8 Å². The number of thioether (sulfide) groups is 1. The number of para-hydroxylation sites is 1. The van der Waals surface area contributed by atoms with Crippen LogP contribution in [-0.2, 0) is 15.8 Å². The minimum absolute atomic E-state index is 0.0373. The number of rotatable bonds is 4. The van der Waals surface area contributed by atoms with E-state index < -0.39 is 51.6 Å². The van der Waals surface area contributed by atoms with Gasteiger partial charge in [0.15, 0.2) is 5.71 Å². The summed E-state index contributed by atoms with van der Waals surface area (Å²) in [6.07, 6.45) is -3.60. The average molecular weight is 571 g/mol. The molecule has 40 heavy (non-hydrogen) atoms. The third-order valence-corrected chi connectivity index (χ3v) is 7.12. The van der Waals surface area contributed by atoms with Crippen molar-refractivity contribution in [2.45, 2.75) is 20.0 Å². The van der Waals surface area contributed by atoms with Crippen molar-refractivity contribution in [1.29, 1.82) is 0 Å². The van der Waals surface area contributed by atoms with Crippen LogP contribution in [0.5, 0.6) is 5.75 Å². The zero-order valence-electron chi connectivity index (χ0n) is 20.7. The van der Waals surface area contributed by atoms with Gasteiger partial charge in [0.05, 0.1) is 27.4 Å². The van der Waals surface area contributed by atoms with E-state index in [1.165, 1.54) is 30.3 Å². The third-order valence-electron chi connectivity index (χ3n) is 6.31. The Labute approximate surface area is 228 Å². The van der Waals surface area contributed by atoms with Gasteiger partial charge >= 0.3 is 6.18 Å². The van der Waals surface area contributed by atoms with E-state index in [1.54, 1.807) is 19.1 Å². The van der Waals surface area contributed by atoms with Gasteiger partial charge in [0.1, 0.15) is 11.6 Å². The topological polar surface area (TPSA) is 111 Å². The molecule has 2 aliphatic rings. The fraction of sp³-hybridized carbons (Fsp3) is 0.111. The molecule has 0 bridgehead atoms. The van der Waals surface area contributed by atoms with E-state index in [1.807, 2.05) is 6.92 Å². The summed E-state index contributed by atoms with van der Waals surface area (Å²) in [4.78, 5) is 37.8. The number of nitrogens with one attached hydrogen (secondary N) is 2. The lowest BCUT2D eigenvalue weighted by molar-refractivity contribution is -0.137. The number of halogens is 4. The van der Waals surface area contributed by atoms with Crippen molar-refractivity contribution >= 4 is 57.7 Å². The number of amides is 3. The number of hydrazone groups is 1. The van der Waals surface area contributed by atoms with Crippen molar-refractivity contribution in [3.63, 3.8) is 0 Å². The number of carbonyl (C=O) groups is 3. The number of carbonyl (C=O) groups excluding carboxylic acids is 3. The molecule has 204 valence electrons. The van der Waals surface area contributed by atoms with Crippen LogP contribution in [0.25, 0.3) is 6.08 Å². The van der Waals surface area contributed by atoms with E-state index in [-0.39, 0.29) is 27.5 Å². The normalized spacial score (nSPS) is 17.1. The summed E-state index contributed by atoms with van der Waals surface area (Å²) in [7, 11) is 0. The average Bonchev–Trinajstić information content (AvgIpc) is 3.35. The van der Waals surface area contributed by atoms with E-state index in [9.17, 15) is 32.7 Å². The molecule has 3 aromatic carbocycles. The molecular formula is C27H18F4N4O4S. The second kappa shape index (κ2) is 9.83. The highest BCUT2D eigenvalue weighted by Gasteiger charge is 2.41. The lowest BCUT2D eigenvalue weighted by Gasteiger charge is -2.19. The van der Waals surface area contributed by atoms with Crippen molar-refractivity contribution in [2.24, 2.45) is 5.10 Å². The maximum atomic E-state index is 15.2. The first-order valence-electron chi connectivity index (χ1n) is 11.6. The number of phenolic OH excluding ortho intramolecular Hbond substituents is 1. The maximum Gasteiger partial charge on any atom is 0.416 e. The number of fused-ring (bicyclic) bond motifs is 1. The van der Waals surface area contributed by atoms with E-state index in [0.717, 1.165) is 16.0 Å². The maximum absolute atomic E-state index is 15.2. The predicted molar refractivity (Wildman–Crippen MR) is 142 cm³/mol. The molecule has 2 aliphatic heterocycles. The highest BCUT2D eigenvalue weighted by atomic mass is 32.2. The van der Waals surface area contributed by atoms with Gasteiger partial charge in [-0.05, 0) is 73.1 Å². The third kappa shape index (κ3) is 4.79. The van der Waals surface area contributed by atoms with Gasteiger partial charge < -0.3 is 5.11 Å². The molecule has 1 fully saturated rings. The van der Waals surface area contributed by atoms with E-state index >= 15 is 4.39 Å². The summed E-state index contributed by atoms with van der Waals surface area (Å²) < 4.78 is 55.8. The lowest BCUT2D eigenvalue weighted by atomic mass is 10.1. The van der Waals surface area contributed by atoms with Gasteiger partial charge in [-0.25, -0.2) is 4.39 Å². The number of phenols is 1. The molecule has 0 saturated carbocycles. The monoisotopic (exact) mass is 570 g/mol. The molecule has 0 spiro atoms. The number of alkyl halides is 3. The Morgan fingerprint density at radius 1 is 1.05 bits per heavy atom. The number of benzene rings is 3. The number of nitrogens with zero attached hydrogens (tertiary/aromatic N) is 2. The Bertz CT molecular complexity index is 1680. The molecular weight excluding hydrogens is 552 g/mol. The number of imide groups is 1. The Morgan fingerprint density at radius 3 is 2.45 bits per heavy atom. The van der Waals surface area contributed by atoms with Gasteiger partial charge in [-0.2, -0.15) is 18.3 Å². The standard InChI is InChI=1S/C27H18F4N4O4S/c1-12-6-7-16(8-13(12)2)35-19-11-15(27(29,30)31)10-17(28)21(19)22(25(35)38)34-33-18-5-3-4-14(23(18)36)9-20-24(37)32-26(39)40-20/h3-11,33,36H,1-2H3,(H,32,37,39)/b20-9?,34-22-. The van der Waals surface area contributed by atoms with Crippen LogP contribution in [0, 0.1) is 19.7 Å². The zero-order valence-corrected chi connectivity index (χ0v) is 21.5. The van der Waals surface area contributed by atoms with Crippen molar-refractivity contribution in [3.8, 4) is 5.75 Å². The van der Waals surface area contributed by atoms with Gasteiger partial charge in [-0.15, -0.1) is 0 Å². The summed E-state index contributed by atoms with van der Waals surface area (Å²) in [6.45, 7) is 3.58. The van der Waals surface area contributed by atoms with Crippen molar-refractivity contribution in [2.75, 3.05) is 10.3 Å². The molecule has 13 heteroatoms. The predicted octanol–water partition coefficient (Wildman–Crippen LogP) is 5.99. The van der Waals surface area contributed by atoms with E-state index in [4.69, 9.17) is 0 Å². The molecule has 0 unspecified atom stereocenters. The van der Waals surface area contributed by atoms with Gasteiger partial charge in [0.2, 0.25) is 0 Å². The SMILES string of the molecule is Cc1ccc(N2C(=O)/C(=N\Nc3cccc(C=C4SC(=O)NC4=O)c3O)c3c(F)cc(C(F)(F)F)cc32)cc1C. The summed E-state index contributed by atoms with van der Waals surface area (Å²) in [6, 6.07) is 10.1. The summed E-state index contributed by atoms with van der Waals surface area (Å²) in [5.41, 5.74) is 1.84. The first kappa shape index (κ1) is 26.9. The van der Waals surface area contributed by atoms with Gasteiger partial charge in [-0.3, -0.25) is 30.0 Å². The van der Waals surface area contributed by atoms with Gasteiger partial charge in [0, 0.05) is 11.3 Å². The van der Waals surface area contributed by atoms with E-state index in [0.29, 0.717) is 23.9 Å². The number of anilines is 3. The smallest absolute Gasteiger partial charge is 0.416 e. The lowest BCUT2D eigenvalue weighted by Crippen LogP contribution is -2.26. The molecule has 5 rings (SSSR count). The molecule has 3 amide bonds. The molecule has 2 heterocycles. The van der Waals surface area contributed by atoms with Crippen LogP contribution in [0.2, 0.25) is 0 Å². The highest BCUT2D eigenvalue weighted by Crippen LogP contribution is 2.42. The van der Waals surface area contributed by atoms with Crippen LogP contribution in [-0.4, -0.2) is 27.9 Å². The van der Waals surface area contributed by atoms with Crippen LogP contribution in [0.15, 0.2) is 58.5 Å². The Balaban J connectivity index is 1.58. The fourth-order valence-electron chi connectivity index (χ4n) is 4.16. The number of hydrogen-bond acceptors (Lipinski definition) is 7.